The number of carbonyl (C=O) groups is 1. The summed E-state index contributed by atoms with van der Waals surface area (Å²) in [5, 5.41) is 1.99. The van der Waals surface area contributed by atoms with Gasteiger partial charge in [-0.1, -0.05) is 18.5 Å². The smallest absolute Gasteiger partial charge is 0.222 e. The van der Waals surface area contributed by atoms with Crippen LogP contribution in [0.1, 0.15) is 38.0 Å². The summed E-state index contributed by atoms with van der Waals surface area (Å²) in [5.41, 5.74) is 1.63. The summed E-state index contributed by atoms with van der Waals surface area (Å²) in [6.07, 6.45) is 5.44. The van der Waals surface area contributed by atoms with E-state index in [1.807, 2.05) is 42.2 Å². The van der Waals surface area contributed by atoms with Gasteiger partial charge in [-0.15, -0.1) is 0 Å². The van der Waals surface area contributed by atoms with Gasteiger partial charge in [0.2, 0.25) is 5.91 Å². The number of rotatable bonds is 6. The molecule has 3 heterocycles. The van der Waals surface area contributed by atoms with Crippen LogP contribution in [0.2, 0.25) is 5.02 Å². The molecule has 32 heavy (non-hydrogen) atoms. The van der Waals surface area contributed by atoms with Crippen molar-refractivity contribution in [2.45, 2.75) is 47.1 Å². The molecular weight excluding hydrogens is 466 g/mol. The Labute approximate surface area is 199 Å². The molecule has 1 unspecified atom stereocenters. The van der Waals surface area contributed by atoms with Crippen molar-refractivity contribution in [1.29, 1.82) is 0 Å². The summed E-state index contributed by atoms with van der Waals surface area (Å²) in [5.74, 6) is 1.03. The van der Waals surface area contributed by atoms with E-state index in [9.17, 15) is 9.35 Å². The molecule has 2 aromatic heterocycles. The molecule has 9 heteroatoms. The van der Waals surface area contributed by atoms with Crippen LogP contribution in [-0.4, -0.2) is 44.7 Å². The predicted octanol–water partition coefficient (Wildman–Crippen LogP) is 5.39. The van der Waals surface area contributed by atoms with Crippen molar-refractivity contribution < 1.29 is 13.8 Å². The van der Waals surface area contributed by atoms with Crippen LogP contribution in [0.3, 0.4) is 0 Å². The normalized spacial score (nSPS) is 15.7. The molecule has 0 radical (unpaired) electrons. The van der Waals surface area contributed by atoms with Crippen molar-refractivity contribution >= 4 is 40.4 Å². The number of benzene rings is 1. The molecule has 3 aromatic rings. The summed E-state index contributed by atoms with van der Waals surface area (Å²) in [6, 6.07) is 11.2. The Balaban J connectivity index is 1.62. The second kappa shape index (κ2) is 10.3. The molecule has 1 fully saturated rings. The number of pyridine rings is 1. The fourth-order valence-corrected chi connectivity index (χ4v) is 5.12. The van der Waals surface area contributed by atoms with E-state index in [1.165, 1.54) is 11.8 Å². The Hall–Kier alpha value is -2.00. The number of aromatic nitrogens is 2. The van der Waals surface area contributed by atoms with Crippen molar-refractivity contribution in [2.75, 3.05) is 19.3 Å². The molecule has 0 bridgehead atoms. The number of piperidine rings is 1. The fraction of sp³-hybridized carbons (Fsp3) is 0.348. The van der Waals surface area contributed by atoms with E-state index >= 15 is 0 Å². The van der Waals surface area contributed by atoms with E-state index in [2.05, 4.69) is 4.98 Å². The molecule has 1 atom stereocenters. The number of amides is 1. The first-order valence-electron chi connectivity index (χ1n) is 10.5. The van der Waals surface area contributed by atoms with Crippen molar-refractivity contribution in [3.63, 3.8) is 0 Å². The number of halogens is 1. The molecule has 1 amide bonds. The largest absolute Gasteiger partial charge is 0.612 e. The molecule has 1 aromatic carbocycles. The zero-order valence-electron chi connectivity index (χ0n) is 17.9. The van der Waals surface area contributed by atoms with E-state index in [4.69, 9.17) is 21.0 Å². The van der Waals surface area contributed by atoms with Crippen LogP contribution in [0.4, 0.5) is 0 Å². The maximum absolute atomic E-state index is 12.0. The Morgan fingerprint density at radius 3 is 2.56 bits per heavy atom. The van der Waals surface area contributed by atoms with Gasteiger partial charge < -0.3 is 13.9 Å². The van der Waals surface area contributed by atoms with Crippen LogP contribution >= 0.6 is 23.4 Å². The minimum absolute atomic E-state index is 0.157. The van der Waals surface area contributed by atoms with E-state index < -0.39 is 11.2 Å². The van der Waals surface area contributed by atoms with Crippen molar-refractivity contribution in [3.05, 3.63) is 53.5 Å². The zero-order chi connectivity index (χ0) is 22.7. The third-order valence-electron chi connectivity index (χ3n) is 5.47. The topological polar surface area (TPSA) is 82.3 Å². The van der Waals surface area contributed by atoms with Gasteiger partial charge >= 0.3 is 0 Å². The average molecular weight is 490 g/mol. The molecule has 1 saturated heterocycles. The number of carbonyl (C=O) groups excluding carboxylic acids is 1. The highest BCUT2D eigenvalue weighted by molar-refractivity contribution is 7.99. The van der Waals surface area contributed by atoms with Gasteiger partial charge in [0, 0.05) is 37.2 Å². The monoisotopic (exact) mass is 489 g/mol. The standard InChI is InChI=1S/C23H24ClN3O3S2/c1-3-20(28)27-12-10-16(11-13-27)22-26-21(15-4-7-18(8-5-15)32(2)29)23(30-22)31-19-9-6-17(24)14-25-19/h4-9,14,16H,3,10-13H2,1-2H3. The van der Waals surface area contributed by atoms with E-state index in [1.54, 1.807) is 18.5 Å². The molecule has 1 aliphatic heterocycles. The molecular formula is C23H24ClN3O3S2. The maximum Gasteiger partial charge on any atom is 0.222 e. The van der Waals surface area contributed by atoms with Gasteiger partial charge in [0.15, 0.2) is 15.9 Å². The van der Waals surface area contributed by atoms with Crippen LogP contribution < -0.4 is 0 Å². The lowest BCUT2D eigenvalue weighted by atomic mass is 9.96. The van der Waals surface area contributed by atoms with Crippen molar-refractivity contribution in [3.8, 4) is 11.3 Å². The lowest BCUT2D eigenvalue weighted by Gasteiger charge is -2.30. The van der Waals surface area contributed by atoms with E-state index in [-0.39, 0.29) is 11.8 Å². The summed E-state index contributed by atoms with van der Waals surface area (Å²) in [7, 11) is 0. The zero-order valence-corrected chi connectivity index (χ0v) is 20.3. The van der Waals surface area contributed by atoms with Crippen LogP contribution in [0.15, 0.2) is 62.0 Å². The summed E-state index contributed by atoms with van der Waals surface area (Å²) in [4.78, 5) is 23.9. The number of hydrogen-bond donors (Lipinski definition) is 0. The number of hydrogen-bond acceptors (Lipinski definition) is 6. The molecule has 0 saturated carbocycles. The molecule has 0 aliphatic carbocycles. The highest BCUT2D eigenvalue weighted by atomic mass is 35.5. The highest BCUT2D eigenvalue weighted by Gasteiger charge is 2.28. The first-order valence-corrected chi connectivity index (χ1v) is 13.2. The molecule has 0 spiro atoms. The van der Waals surface area contributed by atoms with E-state index in [0.29, 0.717) is 35.5 Å². The third kappa shape index (κ3) is 5.31. The van der Waals surface area contributed by atoms with Crippen molar-refractivity contribution in [1.82, 2.24) is 14.9 Å². The van der Waals surface area contributed by atoms with Crippen LogP contribution in [-0.2, 0) is 16.0 Å². The second-order valence-electron chi connectivity index (χ2n) is 7.59. The Bertz CT molecular complexity index is 1060. The van der Waals surface area contributed by atoms with Crippen LogP contribution in [0.5, 0.6) is 0 Å². The van der Waals surface area contributed by atoms with Gasteiger partial charge in [-0.25, -0.2) is 9.97 Å². The predicted molar refractivity (Wildman–Crippen MR) is 126 cm³/mol. The minimum Gasteiger partial charge on any atom is -0.612 e. The Morgan fingerprint density at radius 1 is 1.25 bits per heavy atom. The summed E-state index contributed by atoms with van der Waals surface area (Å²) in [6.45, 7) is 3.32. The first kappa shape index (κ1) is 23.2. The minimum atomic E-state index is -1.04. The molecule has 6 nitrogen and oxygen atoms in total. The van der Waals surface area contributed by atoms with Gasteiger partial charge in [0.25, 0.3) is 0 Å². The van der Waals surface area contributed by atoms with Crippen LogP contribution in [0.25, 0.3) is 11.3 Å². The second-order valence-corrected chi connectivity index (χ2v) is 10.4. The van der Waals surface area contributed by atoms with E-state index in [0.717, 1.165) is 34.0 Å². The van der Waals surface area contributed by atoms with Crippen LogP contribution in [0, 0.1) is 0 Å². The van der Waals surface area contributed by atoms with Gasteiger partial charge in [-0.2, -0.15) is 0 Å². The van der Waals surface area contributed by atoms with Crippen molar-refractivity contribution in [2.24, 2.45) is 0 Å². The maximum atomic E-state index is 12.0. The quantitative estimate of drug-likeness (QED) is 0.431. The van der Waals surface area contributed by atoms with Gasteiger partial charge in [0.1, 0.15) is 17.0 Å². The third-order valence-corrected chi connectivity index (χ3v) is 7.54. The fourth-order valence-electron chi connectivity index (χ4n) is 3.67. The lowest BCUT2D eigenvalue weighted by molar-refractivity contribution is -0.131. The molecule has 1 aliphatic rings. The van der Waals surface area contributed by atoms with Gasteiger partial charge in [-0.05, 0) is 72.2 Å². The molecule has 0 N–H and O–H groups in total. The first-order chi connectivity index (χ1) is 15.4. The molecule has 168 valence electrons. The summed E-state index contributed by atoms with van der Waals surface area (Å²) < 4.78 is 18.0. The lowest BCUT2D eigenvalue weighted by Crippen LogP contribution is -2.37. The Morgan fingerprint density at radius 2 is 1.97 bits per heavy atom. The Kier molecular flexibility index (Phi) is 7.45. The molecule has 4 rings (SSSR count). The number of likely N-dealkylation sites (tertiary alicyclic amines) is 1. The number of oxazole rings is 1. The SMILES string of the molecule is CCC(=O)N1CCC(c2nc(-c3ccc([S+](C)[O-])cc3)c(Sc3ccc(Cl)cn3)o2)CC1. The van der Waals surface area contributed by atoms with Gasteiger partial charge in [-0.3, -0.25) is 4.79 Å². The number of nitrogens with zero attached hydrogens (tertiary/aromatic N) is 3. The summed E-state index contributed by atoms with van der Waals surface area (Å²) >= 11 is 6.33. The van der Waals surface area contributed by atoms with Gasteiger partial charge in [0.05, 0.1) is 5.02 Å². The average Bonchev–Trinajstić information content (AvgIpc) is 3.24. The highest BCUT2D eigenvalue weighted by Crippen LogP contribution is 2.39.